The van der Waals surface area contributed by atoms with Gasteiger partial charge in [0, 0.05) is 22.5 Å². The molecule has 0 unspecified atom stereocenters. The maximum atomic E-state index is 12.9. The van der Waals surface area contributed by atoms with E-state index in [1.165, 1.54) is 28.9 Å². The standard InChI is InChI=1S/C25H20F3N5O2/c1-16-29-23(17-7-3-2-4-8-17)33(32-16)15-22(34)30-20-11-5-9-18(13-20)24(35)31-21-12-6-10-19(14-21)25(26,27)28/h2-14H,15H2,1H3,(H,30,34)(H,31,35). The van der Waals surface area contributed by atoms with Gasteiger partial charge < -0.3 is 10.6 Å². The van der Waals surface area contributed by atoms with Gasteiger partial charge in [0.2, 0.25) is 5.91 Å². The minimum Gasteiger partial charge on any atom is -0.324 e. The molecule has 2 amide bonds. The van der Waals surface area contributed by atoms with Crippen LogP contribution in [0.4, 0.5) is 24.5 Å². The highest BCUT2D eigenvalue weighted by molar-refractivity contribution is 6.05. The molecule has 7 nitrogen and oxygen atoms in total. The van der Waals surface area contributed by atoms with Crippen LogP contribution in [0.1, 0.15) is 21.7 Å². The fourth-order valence-corrected chi connectivity index (χ4v) is 3.42. The Morgan fingerprint density at radius 3 is 2.29 bits per heavy atom. The van der Waals surface area contributed by atoms with Crippen LogP contribution in [-0.2, 0) is 17.5 Å². The first-order chi connectivity index (χ1) is 16.7. The van der Waals surface area contributed by atoms with Crippen LogP contribution in [0.25, 0.3) is 11.4 Å². The summed E-state index contributed by atoms with van der Waals surface area (Å²) < 4.78 is 40.2. The number of nitrogens with one attached hydrogen (secondary N) is 2. The van der Waals surface area contributed by atoms with Crippen LogP contribution >= 0.6 is 0 Å². The first-order valence-corrected chi connectivity index (χ1v) is 10.5. The second-order valence-corrected chi connectivity index (χ2v) is 7.67. The van der Waals surface area contributed by atoms with E-state index in [1.54, 1.807) is 19.1 Å². The summed E-state index contributed by atoms with van der Waals surface area (Å²) >= 11 is 0. The third-order valence-corrected chi connectivity index (χ3v) is 4.96. The number of aryl methyl sites for hydroxylation is 1. The highest BCUT2D eigenvalue weighted by Crippen LogP contribution is 2.30. The normalized spacial score (nSPS) is 11.2. The van der Waals surface area contributed by atoms with Crippen LogP contribution in [0.5, 0.6) is 0 Å². The minimum absolute atomic E-state index is 0.00857. The van der Waals surface area contributed by atoms with Crippen molar-refractivity contribution in [3.63, 3.8) is 0 Å². The van der Waals surface area contributed by atoms with E-state index in [1.807, 2.05) is 30.3 Å². The molecule has 35 heavy (non-hydrogen) atoms. The van der Waals surface area contributed by atoms with E-state index in [-0.39, 0.29) is 23.7 Å². The third-order valence-electron chi connectivity index (χ3n) is 4.96. The minimum atomic E-state index is -4.52. The Bertz CT molecular complexity index is 1370. The first-order valence-electron chi connectivity index (χ1n) is 10.5. The highest BCUT2D eigenvalue weighted by atomic mass is 19.4. The Labute approximate surface area is 198 Å². The van der Waals surface area contributed by atoms with Crippen LogP contribution in [0.2, 0.25) is 0 Å². The highest BCUT2D eigenvalue weighted by Gasteiger charge is 2.30. The summed E-state index contributed by atoms with van der Waals surface area (Å²) in [6.07, 6.45) is -4.52. The zero-order chi connectivity index (χ0) is 25.0. The number of carbonyl (C=O) groups is 2. The van der Waals surface area contributed by atoms with E-state index >= 15 is 0 Å². The molecular formula is C25H20F3N5O2. The maximum Gasteiger partial charge on any atom is 0.416 e. The quantitative estimate of drug-likeness (QED) is 0.400. The number of hydrogen-bond donors (Lipinski definition) is 2. The fraction of sp³-hybridized carbons (Fsp3) is 0.120. The molecule has 0 radical (unpaired) electrons. The zero-order valence-corrected chi connectivity index (χ0v) is 18.5. The van der Waals surface area contributed by atoms with Crippen molar-refractivity contribution in [1.82, 2.24) is 14.8 Å². The molecule has 1 aromatic heterocycles. The summed E-state index contributed by atoms with van der Waals surface area (Å²) in [5, 5.41) is 9.44. The lowest BCUT2D eigenvalue weighted by Crippen LogP contribution is -2.20. The molecule has 178 valence electrons. The lowest BCUT2D eigenvalue weighted by atomic mass is 10.1. The lowest BCUT2D eigenvalue weighted by Gasteiger charge is -2.11. The van der Waals surface area contributed by atoms with Crippen molar-refractivity contribution in [3.8, 4) is 11.4 Å². The SMILES string of the molecule is Cc1nc(-c2ccccc2)n(CC(=O)Nc2cccc(C(=O)Nc3cccc(C(F)(F)F)c3)c2)n1. The number of hydrogen-bond acceptors (Lipinski definition) is 4. The van der Waals surface area contributed by atoms with Gasteiger partial charge in [-0.3, -0.25) is 9.59 Å². The molecule has 4 aromatic rings. The molecule has 0 aliphatic heterocycles. The van der Waals surface area contributed by atoms with Gasteiger partial charge in [-0.1, -0.05) is 42.5 Å². The average Bonchev–Trinajstić information content (AvgIpc) is 3.19. The van der Waals surface area contributed by atoms with Crippen molar-refractivity contribution in [2.75, 3.05) is 10.6 Å². The number of carbonyl (C=O) groups excluding carboxylic acids is 2. The molecule has 0 bridgehead atoms. The predicted octanol–water partition coefficient (Wildman–Crippen LogP) is 5.16. The molecule has 0 saturated carbocycles. The Balaban J connectivity index is 1.45. The maximum absolute atomic E-state index is 12.9. The second kappa shape index (κ2) is 9.80. The van der Waals surface area contributed by atoms with Gasteiger partial charge in [-0.2, -0.15) is 18.3 Å². The Hall–Kier alpha value is -4.47. The topological polar surface area (TPSA) is 88.9 Å². The molecule has 0 aliphatic carbocycles. The number of amides is 2. The van der Waals surface area contributed by atoms with Gasteiger partial charge in [0.1, 0.15) is 12.4 Å². The second-order valence-electron chi connectivity index (χ2n) is 7.67. The zero-order valence-electron chi connectivity index (χ0n) is 18.5. The number of alkyl halides is 3. The number of anilines is 2. The van der Waals surface area contributed by atoms with Crippen molar-refractivity contribution in [2.45, 2.75) is 19.6 Å². The summed E-state index contributed by atoms with van der Waals surface area (Å²) in [7, 11) is 0. The van der Waals surface area contributed by atoms with Crippen molar-refractivity contribution in [2.24, 2.45) is 0 Å². The molecule has 0 atom stereocenters. The van der Waals surface area contributed by atoms with Crippen molar-refractivity contribution in [1.29, 1.82) is 0 Å². The van der Waals surface area contributed by atoms with Gasteiger partial charge >= 0.3 is 6.18 Å². The smallest absolute Gasteiger partial charge is 0.324 e. The number of rotatable bonds is 6. The van der Waals surface area contributed by atoms with Crippen LogP contribution in [0.3, 0.4) is 0 Å². The van der Waals surface area contributed by atoms with Gasteiger partial charge in [0.25, 0.3) is 5.91 Å². The predicted molar refractivity (Wildman–Crippen MR) is 125 cm³/mol. The molecule has 0 spiro atoms. The van der Waals surface area contributed by atoms with Crippen molar-refractivity contribution < 1.29 is 22.8 Å². The van der Waals surface area contributed by atoms with E-state index in [2.05, 4.69) is 20.7 Å². The van der Waals surface area contributed by atoms with E-state index in [4.69, 9.17) is 0 Å². The average molecular weight is 479 g/mol. The fourth-order valence-electron chi connectivity index (χ4n) is 3.42. The Morgan fingerprint density at radius 1 is 0.886 bits per heavy atom. The van der Waals surface area contributed by atoms with Gasteiger partial charge in [-0.15, -0.1) is 0 Å². The van der Waals surface area contributed by atoms with Gasteiger partial charge in [0.15, 0.2) is 5.82 Å². The lowest BCUT2D eigenvalue weighted by molar-refractivity contribution is -0.137. The molecule has 0 aliphatic rings. The Morgan fingerprint density at radius 2 is 1.57 bits per heavy atom. The van der Waals surface area contributed by atoms with E-state index < -0.39 is 17.6 Å². The largest absolute Gasteiger partial charge is 0.416 e. The molecular weight excluding hydrogens is 459 g/mol. The number of benzene rings is 3. The molecule has 3 aromatic carbocycles. The van der Waals surface area contributed by atoms with Gasteiger partial charge in [-0.05, 0) is 43.3 Å². The van der Waals surface area contributed by atoms with E-state index in [0.717, 1.165) is 17.7 Å². The number of aromatic nitrogens is 3. The van der Waals surface area contributed by atoms with Gasteiger partial charge in [0.05, 0.1) is 5.56 Å². The summed E-state index contributed by atoms with van der Waals surface area (Å²) in [6.45, 7) is 1.62. The number of nitrogens with zero attached hydrogens (tertiary/aromatic N) is 3. The third kappa shape index (κ3) is 5.91. The van der Waals surface area contributed by atoms with E-state index in [0.29, 0.717) is 17.3 Å². The molecule has 0 fully saturated rings. The number of halogens is 3. The molecule has 10 heteroatoms. The van der Waals surface area contributed by atoms with Crippen LogP contribution in [0, 0.1) is 6.92 Å². The summed E-state index contributed by atoms with van der Waals surface area (Å²) in [5.41, 5.74) is 0.476. The van der Waals surface area contributed by atoms with Crippen molar-refractivity contribution >= 4 is 23.2 Å². The monoisotopic (exact) mass is 479 g/mol. The molecule has 2 N–H and O–H groups in total. The Kier molecular flexibility index (Phi) is 6.63. The van der Waals surface area contributed by atoms with Crippen LogP contribution in [0.15, 0.2) is 78.9 Å². The summed E-state index contributed by atoms with van der Waals surface area (Å²) in [5.74, 6) is 0.0681. The molecule has 0 saturated heterocycles. The van der Waals surface area contributed by atoms with Crippen LogP contribution < -0.4 is 10.6 Å². The molecule has 1 heterocycles. The van der Waals surface area contributed by atoms with Gasteiger partial charge in [-0.25, -0.2) is 9.67 Å². The first kappa shape index (κ1) is 23.7. The summed E-state index contributed by atoms with van der Waals surface area (Å²) in [6, 6.07) is 19.8. The molecule has 4 rings (SSSR count). The van der Waals surface area contributed by atoms with Crippen LogP contribution in [-0.4, -0.2) is 26.6 Å². The van der Waals surface area contributed by atoms with Crippen molar-refractivity contribution in [3.05, 3.63) is 95.8 Å². The van der Waals surface area contributed by atoms with E-state index in [9.17, 15) is 22.8 Å². The summed E-state index contributed by atoms with van der Waals surface area (Å²) in [4.78, 5) is 29.6.